The molecule has 1 fully saturated rings. The zero-order valence-corrected chi connectivity index (χ0v) is 15.0. The third-order valence-electron chi connectivity index (χ3n) is 4.48. The first kappa shape index (κ1) is 16.8. The third kappa shape index (κ3) is 3.24. The number of nitrogens with one attached hydrogen (secondary N) is 1. The fourth-order valence-corrected chi connectivity index (χ4v) is 3.87. The van der Waals surface area contributed by atoms with Crippen molar-refractivity contribution in [2.45, 2.75) is 19.8 Å². The van der Waals surface area contributed by atoms with Gasteiger partial charge in [-0.1, -0.05) is 40.2 Å². The average molecular weight is 391 g/mol. The quantitative estimate of drug-likeness (QED) is 0.805. The number of piperidine rings is 1. The van der Waals surface area contributed by atoms with E-state index in [1.54, 1.807) is 4.90 Å². The number of benzene rings is 2. The number of carbonyl (C=O) groups excluding carboxylic acids is 1. The predicted molar refractivity (Wildman–Crippen MR) is 97.3 cm³/mol. The molecule has 6 heteroatoms. The number of urea groups is 1. The molecule has 0 bridgehead atoms. The van der Waals surface area contributed by atoms with Crippen molar-refractivity contribution in [3.63, 3.8) is 0 Å². The topological polar surface area (TPSA) is 69.6 Å². The van der Waals surface area contributed by atoms with E-state index in [0.29, 0.717) is 19.4 Å². The Kier molecular flexibility index (Phi) is 4.76. The van der Waals surface area contributed by atoms with E-state index >= 15 is 0 Å². The number of carbonyl (C=O) groups is 2. The minimum atomic E-state index is -0.835. The molecule has 5 nitrogen and oxygen atoms in total. The Bertz CT molecular complexity index is 806. The van der Waals surface area contributed by atoms with Gasteiger partial charge in [-0.05, 0) is 36.8 Å². The van der Waals surface area contributed by atoms with E-state index in [4.69, 9.17) is 0 Å². The highest BCUT2D eigenvalue weighted by Gasteiger charge is 2.28. The second kappa shape index (κ2) is 6.81. The first-order valence-corrected chi connectivity index (χ1v) is 8.73. The summed E-state index contributed by atoms with van der Waals surface area (Å²) in [4.78, 5) is 25.4. The molecular formula is C18H19BrN2O3. The zero-order chi connectivity index (χ0) is 17.3. The number of hydrogen-bond donors (Lipinski definition) is 2. The first-order chi connectivity index (χ1) is 11.5. The van der Waals surface area contributed by atoms with Gasteiger partial charge in [0, 0.05) is 22.9 Å². The lowest BCUT2D eigenvalue weighted by molar-refractivity contribution is -0.143. The molecule has 0 saturated carbocycles. The average Bonchev–Trinajstić information content (AvgIpc) is 2.58. The number of aliphatic carboxylic acids is 1. The van der Waals surface area contributed by atoms with Crippen molar-refractivity contribution < 1.29 is 14.7 Å². The van der Waals surface area contributed by atoms with Crippen LogP contribution in [0.4, 0.5) is 10.5 Å². The van der Waals surface area contributed by atoms with Crippen molar-refractivity contribution in [1.29, 1.82) is 0 Å². The molecule has 24 heavy (non-hydrogen) atoms. The molecule has 1 aliphatic rings. The minimum absolute atomic E-state index is 0.239. The van der Waals surface area contributed by atoms with Crippen LogP contribution in [0, 0.1) is 12.8 Å². The molecular weight excluding hydrogens is 372 g/mol. The van der Waals surface area contributed by atoms with Gasteiger partial charge < -0.3 is 15.3 Å². The van der Waals surface area contributed by atoms with Crippen LogP contribution in [-0.4, -0.2) is 35.1 Å². The van der Waals surface area contributed by atoms with Crippen LogP contribution in [0.3, 0.4) is 0 Å². The predicted octanol–water partition coefficient (Wildman–Crippen LogP) is 4.24. The summed E-state index contributed by atoms with van der Waals surface area (Å²) in [7, 11) is 0. The number of likely N-dealkylation sites (tertiary alicyclic amines) is 1. The molecule has 126 valence electrons. The molecule has 1 saturated heterocycles. The van der Waals surface area contributed by atoms with Crippen LogP contribution in [0.2, 0.25) is 0 Å². The normalized spacial score (nSPS) is 17.8. The molecule has 2 N–H and O–H groups in total. The molecule has 2 aromatic rings. The summed E-state index contributed by atoms with van der Waals surface area (Å²) in [6.07, 6.45) is 1.34. The maximum atomic E-state index is 12.6. The summed E-state index contributed by atoms with van der Waals surface area (Å²) < 4.78 is 0.984. The number of rotatable bonds is 2. The van der Waals surface area contributed by atoms with Crippen LogP contribution >= 0.6 is 15.9 Å². The van der Waals surface area contributed by atoms with Gasteiger partial charge >= 0.3 is 12.0 Å². The van der Waals surface area contributed by atoms with Crippen LogP contribution in [0.15, 0.2) is 34.8 Å². The summed E-state index contributed by atoms with van der Waals surface area (Å²) in [5.41, 5.74) is 1.73. The van der Waals surface area contributed by atoms with Crippen LogP contribution in [0.25, 0.3) is 10.8 Å². The highest BCUT2D eigenvalue weighted by atomic mass is 79.9. The number of halogens is 1. The molecule has 3 rings (SSSR count). The molecule has 0 spiro atoms. The van der Waals surface area contributed by atoms with Gasteiger partial charge in [0.1, 0.15) is 0 Å². The summed E-state index contributed by atoms with van der Waals surface area (Å²) in [5.74, 6) is -1.31. The van der Waals surface area contributed by atoms with E-state index in [1.807, 2.05) is 37.3 Å². The smallest absolute Gasteiger partial charge is 0.321 e. The molecule has 2 aromatic carbocycles. The van der Waals surface area contributed by atoms with E-state index in [1.165, 1.54) is 0 Å². The van der Waals surface area contributed by atoms with Gasteiger partial charge in [0.25, 0.3) is 0 Å². The lowest BCUT2D eigenvalue weighted by Crippen LogP contribution is -2.44. The number of hydrogen-bond acceptors (Lipinski definition) is 2. The summed E-state index contributed by atoms with van der Waals surface area (Å²) in [6.45, 7) is 2.79. The number of fused-ring (bicyclic) bond motifs is 1. The zero-order valence-electron chi connectivity index (χ0n) is 13.4. The van der Waals surface area contributed by atoms with Gasteiger partial charge in [-0.15, -0.1) is 0 Å². The van der Waals surface area contributed by atoms with E-state index in [9.17, 15) is 14.7 Å². The van der Waals surface area contributed by atoms with Gasteiger partial charge in [0.05, 0.1) is 11.6 Å². The Morgan fingerprint density at radius 2 is 2.00 bits per heavy atom. The monoisotopic (exact) mass is 390 g/mol. The van der Waals surface area contributed by atoms with Crippen molar-refractivity contribution in [2.24, 2.45) is 5.92 Å². The van der Waals surface area contributed by atoms with Crippen LogP contribution in [0.1, 0.15) is 18.4 Å². The molecule has 2 amide bonds. The Morgan fingerprint density at radius 3 is 2.71 bits per heavy atom. The highest BCUT2D eigenvalue weighted by molar-refractivity contribution is 9.10. The van der Waals surface area contributed by atoms with Crippen molar-refractivity contribution in [2.75, 3.05) is 18.4 Å². The van der Waals surface area contributed by atoms with Crippen LogP contribution in [0.5, 0.6) is 0 Å². The van der Waals surface area contributed by atoms with Gasteiger partial charge in [-0.2, -0.15) is 0 Å². The summed E-state index contributed by atoms with van der Waals surface area (Å²) in [6, 6.07) is 9.60. The number of carboxylic acid groups (broad SMARTS) is 1. The lowest BCUT2D eigenvalue weighted by atomic mass is 9.98. The third-order valence-corrected chi connectivity index (χ3v) is 5.14. The van der Waals surface area contributed by atoms with Crippen LogP contribution < -0.4 is 5.32 Å². The number of nitrogens with zero attached hydrogens (tertiary/aromatic N) is 1. The Morgan fingerprint density at radius 1 is 1.29 bits per heavy atom. The second-order valence-corrected chi connectivity index (χ2v) is 7.00. The maximum Gasteiger partial charge on any atom is 0.321 e. The van der Waals surface area contributed by atoms with Crippen LogP contribution in [-0.2, 0) is 4.79 Å². The maximum absolute atomic E-state index is 12.6. The van der Waals surface area contributed by atoms with Gasteiger partial charge in [0.2, 0.25) is 0 Å². The van der Waals surface area contributed by atoms with Crippen molar-refractivity contribution in [3.05, 3.63) is 40.4 Å². The molecule has 1 aliphatic heterocycles. The molecule has 1 heterocycles. The van der Waals surface area contributed by atoms with Gasteiger partial charge in [0.15, 0.2) is 0 Å². The number of amides is 2. The second-order valence-electron chi connectivity index (χ2n) is 6.15. The summed E-state index contributed by atoms with van der Waals surface area (Å²) in [5, 5.41) is 14.2. The molecule has 0 aromatic heterocycles. The SMILES string of the molecule is Cc1cc(Br)c2ccccc2c1NC(=O)N1CCCC(C(=O)O)C1. The van der Waals surface area contributed by atoms with Crippen molar-refractivity contribution in [3.8, 4) is 0 Å². The standard InChI is InChI=1S/C18H19BrN2O3/c1-11-9-15(19)13-6-2-3-7-14(13)16(11)20-18(24)21-8-4-5-12(10-21)17(22)23/h2-3,6-7,9,12H,4-5,8,10H2,1H3,(H,20,24)(H,22,23). The number of carboxylic acids is 1. The Hall–Kier alpha value is -2.08. The van der Waals surface area contributed by atoms with Gasteiger partial charge in [-0.25, -0.2) is 4.79 Å². The van der Waals surface area contributed by atoms with E-state index in [0.717, 1.165) is 26.5 Å². The fourth-order valence-electron chi connectivity index (χ4n) is 3.18. The number of anilines is 1. The largest absolute Gasteiger partial charge is 0.481 e. The Labute approximate surface area is 148 Å². The van der Waals surface area contributed by atoms with Crippen molar-refractivity contribution in [1.82, 2.24) is 4.90 Å². The first-order valence-electron chi connectivity index (χ1n) is 7.94. The molecule has 1 atom stereocenters. The molecule has 0 aliphatic carbocycles. The fraction of sp³-hybridized carbons (Fsp3) is 0.333. The van der Waals surface area contributed by atoms with Crippen molar-refractivity contribution >= 4 is 44.4 Å². The van der Waals surface area contributed by atoms with Gasteiger partial charge in [-0.3, -0.25) is 4.79 Å². The lowest BCUT2D eigenvalue weighted by Gasteiger charge is -2.31. The molecule has 1 unspecified atom stereocenters. The highest BCUT2D eigenvalue weighted by Crippen LogP contribution is 2.33. The van der Waals surface area contributed by atoms with E-state index in [2.05, 4.69) is 21.2 Å². The molecule has 0 radical (unpaired) electrons. The number of aryl methyl sites for hydroxylation is 1. The Balaban J connectivity index is 1.87. The van der Waals surface area contributed by atoms with E-state index in [-0.39, 0.29) is 12.6 Å². The summed E-state index contributed by atoms with van der Waals surface area (Å²) >= 11 is 3.56. The van der Waals surface area contributed by atoms with E-state index < -0.39 is 11.9 Å². The minimum Gasteiger partial charge on any atom is -0.481 e.